The maximum Gasteiger partial charge on any atom is 0.295 e. The zero-order chi connectivity index (χ0) is 24.1. The van der Waals surface area contributed by atoms with Crippen LogP contribution in [0.2, 0.25) is 0 Å². The van der Waals surface area contributed by atoms with Gasteiger partial charge in [0.25, 0.3) is 11.7 Å². The molecule has 172 valence electrons. The van der Waals surface area contributed by atoms with Crippen LogP contribution in [-0.4, -0.2) is 33.3 Å². The van der Waals surface area contributed by atoms with E-state index in [0.717, 1.165) is 23.1 Å². The van der Waals surface area contributed by atoms with E-state index in [1.807, 2.05) is 30.3 Å². The molecule has 34 heavy (non-hydrogen) atoms. The van der Waals surface area contributed by atoms with Crippen molar-refractivity contribution in [2.24, 2.45) is 0 Å². The van der Waals surface area contributed by atoms with Gasteiger partial charge in [-0.25, -0.2) is 0 Å². The van der Waals surface area contributed by atoms with E-state index in [1.165, 1.54) is 4.90 Å². The molecule has 2 heterocycles. The third-order valence-electron chi connectivity index (χ3n) is 5.81. The van der Waals surface area contributed by atoms with E-state index in [4.69, 9.17) is 4.74 Å². The summed E-state index contributed by atoms with van der Waals surface area (Å²) in [6.45, 7) is 6.24. The summed E-state index contributed by atoms with van der Waals surface area (Å²) in [5, 5.41) is 11.2. The van der Waals surface area contributed by atoms with Gasteiger partial charge in [0.15, 0.2) is 0 Å². The summed E-state index contributed by atoms with van der Waals surface area (Å²) in [7, 11) is 0. The Labute approximate surface area is 198 Å². The zero-order valence-corrected chi connectivity index (χ0v) is 19.0. The summed E-state index contributed by atoms with van der Waals surface area (Å²) in [5.41, 5.74) is 3.19. The molecule has 2 aromatic carbocycles. The fourth-order valence-corrected chi connectivity index (χ4v) is 4.03. The molecule has 0 saturated carbocycles. The summed E-state index contributed by atoms with van der Waals surface area (Å²) >= 11 is 0. The molecule has 6 heteroatoms. The SMILES string of the molecule is C=CCOc1ccc(C(O)=C2C(=O)C(=O)N(Cc3cccnc3)[C@H]2c2ccc(CC)cc2)cc1. The van der Waals surface area contributed by atoms with Crippen molar-refractivity contribution in [3.05, 3.63) is 114 Å². The number of Topliss-reactive ketones (excluding diaryl/α,β-unsaturated/α-hetero) is 1. The minimum atomic E-state index is -0.720. The summed E-state index contributed by atoms with van der Waals surface area (Å²) in [6.07, 6.45) is 5.83. The fourth-order valence-electron chi connectivity index (χ4n) is 4.03. The number of aliphatic hydroxyl groups is 1. The largest absolute Gasteiger partial charge is 0.507 e. The first-order chi connectivity index (χ1) is 16.5. The highest BCUT2D eigenvalue weighted by molar-refractivity contribution is 6.46. The van der Waals surface area contributed by atoms with Crippen LogP contribution in [0.15, 0.2) is 91.3 Å². The van der Waals surface area contributed by atoms with Crippen LogP contribution >= 0.6 is 0 Å². The Bertz CT molecular complexity index is 1220. The van der Waals surface area contributed by atoms with Gasteiger partial charge >= 0.3 is 0 Å². The third kappa shape index (κ3) is 4.62. The summed E-state index contributed by atoms with van der Waals surface area (Å²) in [5.74, 6) is -0.967. The highest BCUT2D eigenvalue weighted by Crippen LogP contribution is 2.40. The van der Waals surface area contributed by atoms with Gasteiger partial charge in [0, 0.05) is 24.5 Å². The minimum absolute atomic E-state index is 0.0675. The van der Waals surface area contributed by atoms with E-state index >= 15 is 0 Å². The molecule has 0 aliphatic carbocycles. The quantitative estimate of drug-likeness (QED) is 0.228. The van der Waals surface area contributed by atoms with Gasteiger partial charge in [-0.15, -0.1) is 0 Å². The number of amides is 1. The molecule has 1 atom stereocenters. The van der Waals surface area contributed by atoms with Gasteiger partial charge in [-0.05, 0) is 53.4 Å². The molecule has 4 rings (SSSR count). The van der Waals surface area contributed by atoms with Gasteiger partial charge in [-0.3, -0.25) is 14.6 Å². The maximum atomic E-state index is 13.2. The van der Waals surface area contributed by atoms with E-state index in [-0.39, 0.29) is 17.9 Å². The van der Waals surface area contributed by atoms with Gasteiger partial charge in [0.2, 0.25) is 0 Å². The Morgan fingerprint density at radius 1 is 1.09 bits per heavy atom. The highest BCUT2D eigenvalue weighted by Gasteiger charge is 2.46. The second-order valence-electron chi connectivity index (χ2n) is 8.01. The van der Waals surface area contributed by atoms with Gasteiger partial charge in [0.05, 0.1) is 11.6 Å². The van der Waals surface area contributed by atoms with Crippen LogP contribution in [0, 0.1) is 0 Å². The molecule has 6 nitrogen and oxygen atoms in total. The lowest BCUT2D eigenvalue weighted by Crippen LogP contribution is -2.29. The number of hydrogen-bond acceptors (Lipinski definition) is 5. The van der Waals surface area contributed by atoms with Crippen LogP contribution in [0.3, 0.4) is 0 Å². The monoisotopic (exact) mass is 454 g/mol. The zero-order valence-electron chi connectivity index (χ0n) is 19.0. The number of carbonyl (C=O) groups excluding carboxylic acids is 2. The number of benzene rings is 2. The smallest absolute Gasteiger partial charge is 0.295 e. The normalized spacial score (nSPS) is 17.1. The molecule has 1 fully saturated rings. The summed E-state index contributed by atoms with van der Waals surface area (Å²) in [6, 6.07) is 17.4. The Hall–Kier alpha value is -4.19. The van der Waals surface area contributed by atoms with Crippen molar-refractivity contribution in [1.29, 1.82) is 0 Å². The number of ether oxygens (including phenoxy) is 1. The highest BCUT2D eigenvalue weighted by atomic mass is 16.5. The average Bonchev–Trinajstić information content (AvgIpc) is 3.13. The van der Waals surface area contributed by atoms with Crippen molar-refractivity contribution in [2.45, 2.75) is 25.9 Å². The lowest BCUT2D eigenvalue weighted by Gasteiger charge is -2.25. The third-order valence-corrected chi connectivity index (χ3v) is 5.81. The van der Waals surface area contributed by atoms with Crippen molar-refractivity contribution in [2.75, 3.05) is 6.61 Å². The predicted octanol–water partition coefficient (Wildman–Crippen LogP) is 4.83. The van der Waals surface area contributed by atoms with E-state index in [9.17, 15) is 14.7 Å². The molecular weight excluding hydrogens is 428 g/mol. The summed E-state index contributed by atoms with van der Waals surface area (Å²) in [4.78, 5) is 31.9. The van der Waals surface area contributed by atoms with Crippen LogP contribution < -0.4 is 4.74 Å². The molecule has 0 bridgehead atoms. The van der Waals surface area contributed by atoms with Gasteiger partial charge in [-0.2, -0.15) is 0 Å². The van der Waals surface area contributed by atoms with E-state index in [0.29, 0.717) is 17.9 Å². The molecule has 1 saturated heterocycles. The molecule has 0 radical (unpaired) electrons. The molecule has 1 aliphatic rings. The Morgan fingerprint density at radius 2 is 1.82 bits per heavy atom. The van der Waals surface area contributed by atoms with E-state index < -0.39 is 17.7 Å². The number of nitrogens with zero attached hydrogens (tertiary/aromatic N) is 2. The lowest BCUT2D eigenvalue weighted by atomic mass is 9.94. The van der Waals surface area contributed by atoms with Crippen LogP contribution in [-0.2, 0) is 22.6 Å². The van der Waals surface area contributed by atoms with Crippen molar-refractivity contribution in [3.8, 4) is 5.75 Å². The van der Waals surface area contributed by atoms with E-state index in [1.54, 1.807) is 48.8 Å². The number of likely N-dealkylation sites (tertiary alicyclic amines) is 1. The van der Waals surface area contributed by atoms with Gasteiger partial charge in [-0.1, -0.05) is 49.9 Å². The van der Waals surface area contributed by atoms with Gasteiger partial charge < -0.3 is 14.7 Å². The first kappa shape index (κ1) is 23.0. The number of hydrogen-bond donors (Lipinski definition) is 1. The first-order valence-corrected chi connectivity index (χ1v) is 11.1. The molecule has 0 unspecified atom stereocenters. The van der Waals surface area contributed by atoms with Crippen LogP contribution in [0.5, 0.6) is 5.75 Å². The van der Waals surface area contributed by atoms with Crippen molar-refractivity contribution in [3.63, 3.8) is 0 Å². The summed E-state index contributed by atoms with van der Waals surface area (Å²) < 4.78 is 5.50. The Morgan fingerprint density at radius 3 is 2.44 bits per heavy atom. The fraction of sp³-hybridized carbons (Fsp3) is 0.179. The molecule has 1 N–H and O–H groups in total. The second-order valence-corrected chi connectivity index (χ2v) is 8.01. The first-order valence-electron chi connectivity index (χ1n) is 11.1. The number of aryl methyl sites for hydroxylation is 1. The average molecular weight is 455 g/mol. The minimum Gasteiger partial charge on any atom is -0.507 e. The molecule has 1 aliphatic heterocycles. The molecule has 1 amide bonds. The number of aromatic nitrogens is 1. The van der Waals surface area contributed by atoms with Crippen LogP contribution in [0.25, 0.3) is 5.76 Å². The van der Waals surface area contributed by atoms with Crippen molar-refractivity contribution >= 4 is 17.4 Å². The number of rotatable bonds is 8. The molecule has 3 aromatic rings. The molecule has 0 spiro atoms. The Kier molecular flexibility index (Phi) is 6.87. The molecular formula is C28H26N2O4. The number of carbonyl (C=O) groups is 2. The lowest BCUT2D eigenvalue weighted by molar-refractivity contribution is -0.140. The Balaban J connectivity index is 1.78. The van der Waals surface area contributed by atoms with Crippen molar-refractivity contribution < 1.29 is 19.4 Å². The number of ketones is 1. The maximum absolute atomic E-state index is 13.2. The molecule has 1 aromatic heterocycles. The van der Waals surface area contributed by atoms with Crippen LogP contribution in [0.4, 0.5) is 0 Å². The predicted molar refractivity (Wildman–Crippen MR) is 130 cm³/mol. The topological polar surface area (TPSA) is 79.7 Å². The van der Waals surface area contributed by atoms with Crippen LogP contribution in [0.1, 0.15) is 35.2 Å². The van der Waals surface area contributed by atoms with Gasteiger partial charge in [0.1, 0.15) is 18.1 Å². The standard InChI is InChI=1S/C28H26N2O4/c1-3-16-34-23-13-11-22(12-14-23)26(31)24-25(21-9-7-19(4-2)8-10-21)30(28(33)27(24)32)18-20-6-5-15-29-17-20/h3,5-15,17,25,31H,1,4,16,18H2,2H3/t25-/m0/s1. The number of aliphatic hydroxyl groups excluding tert-OH is 1. The second kappa shape index (κ2) is 10.2. The van der Waals surface area contributed by atoms with E-state index in [2.05, 4.69) is 18.5 Å². The van der Waals surface area contributed by atoms with Crippen molar-refractivity contribution in [1.82, 2.24) is 9.88 Å². The number of pyridine rings is 1.